The van der Waals surface area contributed by atoms with E-state index in [2.05, 4.69) is 38.5 Å². The van der Waals surface area contributed by atoms with Crippen molar-refractivity contribution in [3.8, 4) is 24.2 Å². The van der Waals surface area contributed by atoms with Crippen LogP contribution in [-0.4, -0.2) is 0 Å². The number of rotatable bonds is 0. The molecule has 52 valence electrons. The first-order chi connectivity index (χ1) is 4.56. The molecule has 0 heteroatoms. The molecular formula is C10H12. The molecule has 0 aliphatic rings. The second-order valence-electron chi connectivity index (χ2n) is 3.02. The predicted octanol–water partition coefficient (Wildman–Crippen LogP) is 2.23. The lowest BCUT2D eigenvalue weighted by Crippen LogP contribution is -1.98. The molecule has 0 spiro atoms. The largest absolute Gasteiger partial charge is 0.115 e. The molecule has 0 aliphatic heterocycles. The van der Waals surface area contributed by atoms with Crippen molar-refractivity contribution in [3.63, 3.8) is 0 Å². The van der Waals surface area contributed by atoms with Crippen molar-refractivity contribution in [3.05, 3.63) is 12.2 Å². The highest BCUT2D eigenvalue weighted by Crippen LogP contribution is 2.09. The van der Waals surface area contributed by atoms with E-state index < -0.39 is 0 Å². The molecule has 0 heterocycles. The molecule has 0 fully saturated rings. The van der Waals surface area contributed by atoms with E-state index in [0.717, 1.165) is 0 Å². The van der Waals surface area contributed by atoms with E-state index in [1.807, 2.05) is 0 Å². The van der Waals surface area contributed by atoms with Crippen molar-refractivity contribution in [2.24, 2.45) is 5.41 Å². The van der Waals surface area contributed by atoms with Crippen LogP contribution in [0.5, 0.6) is 0 Å². The summed E-state index contributed by atoms with van der Waals surface area (Å²) in [7, 11) is 0. The van der Waals surface area contributed by atoms with Gasteiger partial charge in [0.25, 0.3) is 0 Å². The summed E-state index contributed by atoms with van der Waals surface area (Å²) in [5, 5.41) is 0. The Balaban J connectivity index is 3.97. The lowest BCUT2D eigenvalue weighted by atomic mass is 9.98. The van der Waals surface area contributed by atoms with Gasteiger partial charge in [-0.3, -0.25) is 0 Å². The van der Waals surface area contributed by atoms with Gasteiger partial charge in [-0.1, -0.05) is 17.8 Å². The zero-order chi connectivity index (χ0) is 8.04. The monoisotopic (exact) mass is 132 g/mol. The van der Waals surface area contributed by atoms with Crippen molar-refractivity contribution in [1.29, 1.82) is 0 Å². The number of allylic oxidation sites excluding steroid dienone is 2. The minimum Gasteiger partial charge on any atom is -0.115 e. The third kappa shape index (κ3) is 6.86. The summed E-state index contributed by atoms with van der Waals surface area (Å²) in [6, 6.07) is 0. The summed E-state index contributed by atoms with van der Waals surface area (Å²) >= 11 is 0. The van der Waals surface area contributed by atoms with Gasteiger partial charge >= 0.3 is 0 Å². The van der Waals surface area contributed by atoms with Crippen molar-refractivity contribution >= 4 is 0 Å². The summed E-state index contributed by atoms with van der Waals surface area (Å²) in [6.07, 6.45) is 8.26. The number of hydrogen-bond acceptors (Lipinski definition) is 0. The standard InChI is InChI=1S/C10H12/c1-5-6-7-8-9-10(2,3)4/h1,6-7H,2-4H3/b7-6+. The molecule has 0 aliphatic carbocycles. The Bertz CT molecular complexity index is 207. The summed E-state index contributed by atoms with van der Waals surface area (Å²) in [5.41, 5.74) is 0.0684. The third-order valence-electron chi connectivity index (χ3n) is 0.710. The maximum Gasteiger partial charge on any atom is 0.0233 e. The van der Waals surface area contributed by atoms with E-state index >= 15 is 0 Å². The molecule has 0 saturated heterocycles. The van der Waals surface area contributed by atoms with Crippen LogP contribution in [0.3, 0.4) is 0 Å². The van der Waals surface area contributed by atoms with Crippen LogP contribution in [0.4, 0.5) is 0 Å². The van der Waals surface area contributed by atoms with Gasteiger partial charge in [0.05, 0.1) is 0 Å². The number of hydrogen-bond donors (Lipinski definition) is 0. The fraction of sp³-hybridized carbons (Fsp3) is 0.400. The Morgan fingerprint density at radius 1 is 1.20 bits per heavy atom. The van der Waals surface area contributed by atoms with Gasteiger partial charge in [-0.2, -0.15) is 0 Å². The summed E-state index contributed by atoms with van der Waals surface area (Å²) in [5.74, 6) is 8.25. The van der Waals surface area contributed by atoms with E-state index in [-0.39, 0.29) is 5.41 Å². The Morgan fingerprint density at radius 3 is 2.20 bits per heavy atom. The first-order valence-electron chi connectivity index (χ1n) is 3.20. The lowest BCUT2D eigenvalue weighted by Gasteiger charge is -2.05. The van der Waals surface area contributed by atoms with Crippen molar-refractivity contribution < 1.29 is 0 Å². The second-order valence-corrected chi connectivity index (χ2v) is 3.02. The molecule has 0 aromatic heterocycles. The molecule has 0 amide bonds. The maximum absolute atomic E-state index is 4.97. The van der Waals surface area contributed by atoms with Crippen LogP contribution in [0.1, 0.15) is 20.8 Å². The molecule has 0 rings (SSSR count). The predicted molar refractivity (Wildman–Crippen MR) is 45.2 cm³/mol. The van der Waals surface area contributed by atoms with Crippen LogP contribution < -0.4 is 0 Å². The first kappa shape index (κ1) is 8.86. The minimum absolute atomic E-state index is 0.0684. The molecule has 0 aromatic carbocycles. The van der Waals surface area contributed by atoms with Crippen molar-refractivity contribution in [1.82, 2.24) is 0 Å². The van der Waals surface area contributed by atoms with Crippen LogP contribution in [0, 0.1) is 29.6 Å². The van der Waals surface area contributed by atoms with Crippen LogP contribution in [0.25, 0.3) is 0 Å². The van der Waals surface area contributed by atoms with Gasteiger partial charge in [-0.25, -0.2) is 0 Å². The average molecular weight is 132 g/mol. The molecule has 0 saturated carbocycles. The first-order valence-corrected chi connectivity index (χ1v) is 3.20. The van der Waals surface area contributed by atoms with E-state index in [1.54, 1.807) is 12.2 Å². The SMILES string of the molecule is C#C/C=C/C#CC(C)(C)C. The molecule has 10 heavy (non-hydrogen) atoms. The Kier molecular flexibility index (Phi) is 3.37. The Morgan fingerprint density at radius 2 is 1.80 bits per heavy atom. The summed E-state index contributed by atoms with van der Waals surface area (Å²) < 4.78 is 0. The summed E-state index contributed by atoms with van der Waals surface area (Å²) in [4.78, 5) is 0. The fourth-order valence-corrected chi connectivity index (χ4v) is 0.348. The Labute approximate surface area is 63.3 Å². The van der Waals surface area contributed by atoms with Crippen LogP contribution >= 0.6 is 0 Å². The topological polar surface area (TPSA) is 0 Å². The highest BCUT2D eigenvalue weighted by atomic mass is 14.0. The second kappa shape index (κ2) is 3.80. The van der Waals surface area contributed by atoms with Gasteiger partial charge in [0.2, 0.25) is 0 Å². The van der Waals surface area contributed by atoms with Gasteiger partial charge in [0, 0.05) is 5.41 Å². The number of terminal acetylenes is 1. The third-order valence-corrected chi connectivity index (χ3v) is 0.710. The van der Waals surface area contributed by atoms with E-state index in [4.69, 9.17) is 6.42 Å². The molecule has 0 aromatic rings. The van der Waals surface area contributed by atoms with Crippen LogP contribution in [-0.2, 0) is 0 Å². The molecular weight excluding hydrogens is 120 g/mol. The quantitative estimate of drug-likeness (QED) is 0.443. The van der Waals surface area contributed by atoms with E-state index in [0.29, 0.717) is 0 Å². The van der Waals surface area contributed by atoms with Crippen LogP contribution in [0.2, 0.25) is 0 Å². The Hall–Kier alpha value is -1.14. The maximum atomic E-state index is 4.97. The van der Waals surface area contributed by atoms with Crippen molar-refractivity contribution in [2.75, 3.05) is 0 Å². The minimum atomic E-state index is 0.0684. The van der Waals surface area contributed by atoms with Gasteiger partial charge in [-0.15, -0.1) is 6.42 Å². The average Bonchev–Trinajstić information content (AvgIpc) is 1.78. The molecule has 0 radical (unpaired) electrons. The highest BCUT2D eigenvalue weighted by Gasteiger charge is 2.01. The lowest BCUT2D eigenvalue weighted by molar-refractivity contribution is 0.571. The molecule has 0 N–H and O–H groups in total. The zero-order valence-corrected chi connectivity index (χ0v) is 6.73. The molecule has 0 atom stereocenters. The van der Waals surface area contributed by atoms with Gasteiger partial charge in [0.15, 0.2) is 0 Å². The molecule has 0 nitrogen and oxygen atoms in total. The normalized spacial score (nSPS) is 10.2. The zero-order valence-electron chi connectivity index (χ0n) is 6.73. The highest BCUT2D eigenvalue weighted by molar-refractivity contribution is 5.24. The van der Waals surface area contributed by atoms with E-state index in [9.17, 15) is 0 Å². The smallest absolute Gasteiger partial charge is 0.0233 e. The summed E-state index contributed by atoms with van der Waals surface area (Å²) in [6.45, 7) is 6.18. The van der Waals surface area contributed by atoms with Gasteiger partial charge < -0.3 is 0 Å². The molecule has 0 unspecified atom stereocenters. The molecule has 0 bridgehead atoms. The fourth-order valence-electron chi connectivity index (χ4n) is 0.348. The van der Waals surface area contributed by atoms with Crippen LogP contribution in [0.15, 0.2) is 12.2 Å². The van der Waals surface area contributed by atoms with Gasteiger partial charge in [-0.05, 0) is 32.9 Å². The van der Waals surface area contributed by atoms with Gasteiger partial charge in [0.1, 0.15) is 0 Å². The van der Waals surface area contributed by atoms with E-state index in [1.165, 1.54) is 0 Å². The van der Waals surface area contributed by atoms with Crippen molar-refractivity contribution in [2.45, 2.75) is 20.8 Å².